The van der Waals surface area contributed by atoms with E-state index in [0.717, 1.165) is 0 Å². The van der Waals surface area contributed by atoms with Crippen molar-refractivity contribution in [2.24, 2.45) is 0 Å². The van der Waals surface area contributed by atoms with Crippen molar-refractivity contribution in [3.63, 3.8) is 0 Å². The minimum atomic E-state index is -0.550. The van der Waals surface area contributed by atoms with Crippen LogP contribution < -0.4 is 10.5 Å². The second-order valence-electron chi connectivity index (χ2n) is 3.17. The van der Waals surface area contributed by atoms with Crippen molar-refractivity contribution in [3.8, 4) is 0 Å². The first kappa shape index (κ1) is 12.9. The summed E-state index contributed by atoms with van der Waals surface area (Å²) in [5, 5.41) is 19.9. The number of carbonyl (C=O) groups is 2. The van der Waals surface area contributed by atoms with Gasteiger partial charge in [-0.1, -0.05) is 6.07 Å². The summed E-state index contributed by atoms with van der Waals surface area (Å²) < 4.78 is 4.49. The highest BCUT2D eigenvalue weighted by Crippen LogP contribution is 2.16. The predicted molar refractivity (Wildman–Crippen MR) is 57.8 cm³/mol. The number of nitrogens with zero attached hydrogens (tertiary/aromatic N) is 1. The molecule has 0 unspecified atom stereocenters. The smallest absolute Gasteiger partial charge is 0.303 e. The van der Waals surface area contributed by atoms with E-state index in [0.29, 0.717) is 5.69 Å². The largest absolute Gasteiger partial charge is 0.456 e. The average molecular weight is 240 g/mol. The Morgan fingerprint density at radius 3 is 2.71 bits per heavy atom. The molecule has 0 aliphatic rings. The van der Waals surface area contributed by atoms with Gasteiger partial charge < -0.3 is 10.1 Å². The fraction of sp³-hybridized carbons (Fsp3) is 0.200. The lowest BCUT2D eigenvalue weighted by molar-refractivity contribution is -0.144. The Labute approximate surface area is 97.1 Å². The van der Waals surface area contributed by atoms with Gasteiger partial charge in [-0.3, -0.25) is 20.0 Å². The van der Waals surface area contributed by atoms with E-state index in [2.05, 4.69) is 10.1 Å². The molecule has 1 rings (SSSR count). The van der Waals surface area contributed by atoms with Gasteiger partial charge in [0, 0.05) is 12.6 Å². The zero-order valence-corrected chi connectivity index (χ0v) is 9.08. The number of anilines is 2. The van der Waals surface area contributed by atoms with E-state index in [1.807, 2.05) is 0 Å². The van der Waals surface area contributed by atoms with Crippen LogP contribution in [0.5, 0.6) is 0 Å². The molecule has 92 valence electrons. The van der Waals surface area contributed by atoms with Crippen molar-refractivity contribution >= 4 is 23.3 Å². The molecule has 17 heavy (non-hydrogen) atoms. The van der Waals surface area contributed by atoms with E-state index >= 15 is 0 Å². The molecule has 0 fully saturated rings. The van der Waals surface area contributed by atoms with Gasteiger partial charge >= 0.3 is 5.97 Å². The number of esters is 1. The fourth-order valence-corrected chi connectivity index (χ4v) is 1.07. The number of carbonyl (C=O) groups excluding carboxylic acids is 2. The van der Waals surface area contributed by atoms with Gasteiger partial charge in [-0.2, -0.15) is 0 Å². The molecule has 0 saturated carbocycles. The highest BCUT2D eigenvalue weighted by Gasteiger charge is 2.06. The van der Waals surface area contributed by atoms with Gasteiger partial charge in [0.15, 0.2) is 6.61 Å². The summed E-state index contributed by atoms with van der Waals surface area (Å²) in [6.45, 7) is 0.810. The van der Waals surface area contributed by atoms with Crippen molar-refractivity contribution in [2.75, 3.05) is 17.2 Å². The summed E-state index contributed by atoms with van der Waals surface area (Å²) in [7, 11) is 0. The molecule has 1 aromatic rings. The molecule has 7 nitrogen and oxygen atoms in total. The summed E-state index contributed by atoms with van der Waals surface area (Å²) in [5.74, 6) is -1.06. The third-order valence-electron chi connectivity index (χ3n) is 1.77. The maximum Gasteiger partial charge on any atom is 0.303 e. The third kappa shape index (κ3) is 4.49. The SMILES string of the molecule is CC(=O)OCC(=O)Nc1cccc(N(O)O)c1. The van der Waals surface area contributed by atoms with Crippen LogP contribution in [-0.2, 0) is 14.3 Å². The molecule has 1 aromatic carbocycles. The quantitative estimate of drug-likeness (QED) is 0.531. The lowest BCUT2D eigenvalue weighted by atomic mass is 10.3. The van der Waals surface area contributed by atoms with Gasteiger partial charge in [0.2, 0.25) is 0 Å². The van der Waals surface area contributed by atoms with Gasteiger partial charge in [-0.25, -0.2) is 0 Å². The van der Waals surface area contributed by atoms with Gasteiger partial charge in [0.05, 0.1) is 5.69 Å². The number of nitrogens with one attached hydrogen (secondary N) is 1. The van der Waals surface area contributed by atoms with E-state index in [-0.39, 0.29) is 17.5 Å². The summed E-state index contributed by atoms with van der Waals surface area (Å²) in [6, 6.07) is 5.85. The van der Waals surface area contributed by atoms with Gasteiger partial charge in [-0.15, -0.1) is 5.23 Å². The van der Waals surface area contributed by atoms with Gasteiger partial charge in [-0.05, 0) is 18.2 Å². The second-order valence-corrected chi connectivity index (χ2v) is 3.17. The van der Waals surface area contributed by atoms with Gasteiger partial charge in [0.25, 0.3) is 5.91 Å². The van der Waals surface area contributed by atoms with Crippen LogP contribution >= 0.6 is 0 Å². The molecule has 1 amide bonds. The Morgan fingerprint density at radius 1 is 1.41 bits per heavy atom. The van der Waals surface area contributed by atoms with Crippen LogP contribution in [0.15, 0.2) is 24.3 Å². The summed E-state index contributed by atoms with van der Waals surface area (Å²) >= 11 is 0. The van der Waals surface area contributed by atoms with Crippen LogP contribution in [0.25, 0.3) is 0 Å². The van der Waals surface area contributed by atoms with Crippen molar-refractivity contribution in [1.29, 1.82) is 0 Å². The van der Waals surface area contributed by atoms with Crippen LogP contribution in [-0.4, -0.2) is 28.9 Å². The van der Waals surface area contributed by atoms with Crippen LogP contribution in [0.4, 0.5) is 11.4 Å². The van der Waals surface area contributed by atoms with Crippen molar-refractivity contribution in [3.05, 3.63) is 24.3 Å². The zero-order valence-electron chi connectivity index (χ0n) is 9.08. The van der Waals surface area contributed by atoms with Crippen LogP contribution in [0.3, 0.4) is 0 Å². The Morgan fingerprint density at radius 2 is 2.12 bits per heavy atom. The zero-order chi connectivity index (χ0) is 12.8. The molecular formula is C10H12N2O5. The molecule has 0 aromatic heterocycles. The lowest BCUT2D eigenvalue weighted by Crippen LogP contribution is -2.20. The normalized spacial score (nSPS) is 9.59. The van der Waals surface area contributed by atoms with E-state index in [4.69, 9.17) is 10.4 Å². The highest BCUT2D eigenvalue weighted by atomic mass is 16.8. The molecule has 0 radical (unpaired) electrons. The minimum absolute atomic E-state index is 0.0677. The molecule has 0 saturated heterocycles. The van der Waals surface area contributed by atoms with Crippen molar-refractivity contribution in [1.82, 2.24) is 0 Å². The molecule has 7 heteroatoms. The average Bonchev–Trinajstić information content (AvgIpc) is 2.26. The monoisotopic (exact) mass is 240 g/mol. The molecule has 0 aliphatic carbocycles. The Balaban J connectivity index is 2.59. The Hall–Kier alpha value is -2.12. The number of hydrogen-bond donors (Lipinski definition) is 3. The number of hydrogen-bond acceptors (Lipinski definition) is 6. The fourth-order valence-electron chi connectivity index (χ4n) is 1.07. The maximum absolute atomic E-state index is 11.3. The van der Waals surface area contributed by atoms with E-state index in [1.165, 1.54) is 25.1 Å². The molecule has 0 atom stereocenters. The standard InChI is InChI=1S/C10H12N2O5/c1-7(13)17-6-10(14)11-8-3-2-4-9(5-8)12(15)16/h2-5,15-16H,6H2,1H3,(H,11,14). The number of benzene rings is 1. The van der Waals surface area contributed by atoms with E-state index in [1.54, 1.807) is 6.07 Å². The third-order valence-corrected chi connectivity index (χ3v) is 1.77. The highest BCUT2D eigenvalue weighted by molar-refractivity contribution is 5.93. The molecule has 0 aliphatic heterocycles. The van der Waals surface area contributed by atoms with Crippen LogP contribution in [0.2, 0.25) is 0 Å². The summed E-state index contributed by atoms with van der Waals surface area (Å²) in [6.07, 6.45) is 0. The predicted octanol–water partition coefficient (Wildman–Crippen LogP) is 0.773. The molecule has 0 heterocycles. The van der Waals surface area contributed by atoms with Crippen molar-refractivity contribution < 1.29 is 24.7 Å². The van der Waals surface area contributed by atoms with Crippen LogP contribution in [0.1, 0.15) is 6.92 Å². The van der Waals surface area contributed by atoms with Gasteiger partial charge in [0.1, 0.15) is 0 Å². The summed E-state index contributed by atoms with van der Waals surface area (Å²) in [5.41, 5.74) is 0.447. The number of amides is 1. The maximum atomic E-state index is 11.3. The number of ether oxygens (including phenoxy) is 1. The van der Waals surface area contributed by atoms with Crippen LogP contribution in [0, 0.1) is 0 Å². The first-order valence-corrected chi connectivity index (χ1v) is 4.70. The first-order chi connectivity index (χ1) is 7.99. The Bertz CT molecular complexity index is 419. The molecule has 0 bridgehead atoms. The van der Waals surface area contributed by atoms with E-state index in [9.17, 15) is 9.59 Å². The molecular weight excluding hydrogens is 228 g/mol. The second kappa shape index (κ2) is 5.83. The molecule has 0 spiro atoms. The first-order valence-electron chi connectivity index (χ1n) is 4.70. The minimum Gasteiger partial charge on any atom is -0.456 e. The lowest BCUT2D eigenvalue weighted by Gasteiger charge is -2.10. The number of rotatable bonds is 4. The summed E-state index contributed by atoms with van der Waals surface area (Å²) in [4.78, 5) is 21.7. The van der Waals surface area contributed by atoms with Crippen molar-refractivity contribution in [2.45, 2.75) is 6.92 Å². The molecule has 3 N–H and O–H groups in total. The topological polar surface area (TPSA) is 99.1 Å². The Kier molecular flexibility index (Phi) is 4.44. The van der Waals surface area contributed by atoms with E-state index < -0.39 is 11.9 Å².